The zero-order valence-electron chi connectivity index (χ0n) is 15.5. The van der Waals surface area contributed by atoms with Crippen LogP contribution in [0.15, 0.2) is 53.6 Å². The van der Waals surface area contributed by atoms with Gasteiger partial charge < -0.3 is 0 Å². The second-order valence-electron chi connectivity index (χ2n) is 7.04. The molecule has 0 saturated carbocycles. The number of piperidine rings is 1. The number of carbonyl (C=O) groups is 1. The zero-order valence-corrected chi connectivity index (χ0v) is 17.1. The number of carbonyl (C=O) groups excluding carboxylic acids is 1. The lowest BCUT2D eigenvalue weighted by atomic mass is 10.1. The minimum atomic E-state index is -3.41. The lowest BCUT2D eigenvalue weighted by Crippen LogP contribution is -2.35. The molecule has 2 aromatic heterocycles. The van der Waals surface area contributed by atoms with E-state index in [9.17, 15) is 13.2 Å². The number of pyridine rings is 1. The van der Waals surface area contributed by atoms with Gasteiger partial charge in [-0.2, -0.15) is 4.31 Å². The normalized spacial score (nSPS) is 15.7. The summed E-state index contributed by atoms with van der Waals surface area (Å²) in [6.07, 6.45) is 5.65. The van der Waals surface area contributed by atoms with E-state index in [1.807, 2.05) is 30.3 Å². The summed E-state index contributed by atoms with van der Waals surface area (Å²) in [7, 11) is -3.41. The molecule has 3 heterocycles. The van der Waals surface area contributed by atoms with Crippen LogP contribution in [-0.2, 0) is 16.4 Å². The van der Waals surface area contributed by atoms with Gasteiger partial charge >= 0.3 is 0 Å². The third kappa shape index (κ3) is 4.01. The Morgan fingerprint density at radius 1 is 1.07 bits per heavy atom. The predicted molar refractivity (Wildman–Crippen MR) is 111 cm³/mol. The Bertz CT molecular complexity index is 1050. The van der Waals surface area contributed by atoms with Crippen LogP contribution in [0.4, 0.5) is 0 Å². The van der Waals surface area contributed by atoms with Gasteiger partial charge in [-0.05, 0) is 49.1 Å². The van der Waals surface area contributed by atoms with Crippen LogP contribution in [-0.4, -0.2) is 36.6 Å². The fraction of sp³-hybridized carbons (Fsp3) is 0.333. The SMILES string of the molecule is O=C(CCc1ccc(S(=O)(=O)N2CCCCC2)cc1)c1cc2cccnc2s1. The van der Waals surface area contributed by atoms with Crippen LogP contribution < -0.4 is 0 Å². The third-order valence-electron chi connectivity index (χ3n) is 5.09. The molecule has 7 heteroatoms. The molecule has 0 N–H and O–H groups in total. The van der Waals surface area contributed by atoms with Gasteiger partial charge in [-0.3, -0.25) is 4.79 Å². The Kier molecular flexibility index (Phi) is 5.57. The van der Waals surface area contributed by atoms with E-state index in [1.54, 1.807) is 22.6 Å². The predicted octanol–water partition coefficient (Wildman–Crippen LogP) is 4.29. The first-order chi connectivity index (χ1) is 13.5. The highest BCUT2D eigenvalue weighted by atomic mass is 32.2. The van der Waals surface area contributed by atoms with Crippen molar-refractivity contribution < 1.29 is 13.2 Å². The van der Waals surface area contributed by atoms with Crippen molar-refractivity contribution >= 4 is 37.4 Å². The molecule has 1 aliphatic rings. The number of nitrogens with zero attached hydrogens (tertiary/aromatic N) is 2. The highest BCUT2D eigenvalue weighted by molar-refractivity contribution is 7.89. The quantitative estimate of drug-likeness (QED) is 0.565. The van der Waals surface area contributed by atoms with Gasteiger partial charge in [0.05, 0.1) is 9.77 Å². The van der Waals surface area contributed by atoms with Crippen molar-refractivity contribution in [2.24, 2.45) is 0 Å². The van der Waals surface area contributed by atoms with Gasteiger partial charge in [0.15, 0.2) is 5.78 Å². The van der Waals surface area contributed by atoms with Crippen LogP contribution in [0.5, 0.6) is 0 Å². The first-order valence-electron chi connectivity index (χ1n) is 9.51. The lowest BCUT2D eigenvalue weighted by molar-refractivity contribution is 0.0987. The molecule has 0 aliphatic carbocycles. The maximum Gasteiger partial charge on any atom is 0.243 e. The van der Waals surface area contributed by atoms with E-state index in [0.29, 0.717) is 30.8 Å². The number of sulfonamides is 1. The third-order valence-corrected chi connectivity index (χ3v) is 8.10. The van der Waals surface area contributed by atoms with Crippen LogP contribution in [0.2, 0.25) is 0 Å². The number of benzene rings is 1. The molecule has 0 spiro atoms. The Morgan fingerprint density at radius 3 is 2.54 bits per heavy atom. The van der Waals surface area contributed by atoms with Crippen LogP contribution in [0, 0.1) is 0 Å². The van der Waals surface area contributed by atoms with Crippen LogP contribution in [0.25, 0.3) is 10.2 Å². The minimum Gasteiger partial charge on any atom is -0.293 e. The molecule has 4 rings (SSSR count). The summed E-state index contributed by atoms with van der Waals surface area (Å²) in [5, 5.41) is 0.989. The Morgan fingerprint density at radius 2 is 1.82 bits per heavy atom. The van der Waals surface area contributed by atoms with Crippen molar-refractivity contribution in [3.05, 3.63) is 59.1 Å². The first kappa shape index (κ1) is 19.2. The molecule has 28 heavy (non-hydrogen) atoms. The zero-order chi connectivity index (χ0) is 19.6. The molecule has 1 aromatic carbocycles. The molecule has 5 nitrogen and oxygen atoms in total. The number of aromatic nitrogens is 1. The molecule has 1 saturated heterocycles. The standard InChI is InChI=1S/C21H22N2O3S2/c24-19(20-15-17-5-4-12-22-21(17)27-20)11-8-16-6-9-18(10-7-16)28(25,26)23-13-2-1-3-14-23/h4-7,9-10,12,15H,1-3,8,11,13-14H2. The van der Waals surface area contributed by atoms with Crippen molar-refractivity contribution in [3.8, 4) is 0 Å². The Balaban J connectivity index is 1.41. The van der Waals surface area contributed by atoms with Gasteiger partial charge in [0.1, 0.15) is 4.83 Å². The second kappa shape index (κ2) is 8.11. The maximum absolute atomic E-state index is 12.7. The molecule has 1 aliphatic heterocycles. The van der Waals surface area contributed by atoms with E-state index in [4.69, 9.17) is 0 Å². The lowest BCUT2D eigenvalue weighted by Gasteiger charge is -2.25. The summed E-state index contributed by atoms with van der Waals surface area (Å²) in [6.45, 7) is 1.20. The minimum absolute atomic E-state index is 0.0908. The maximum atomic E-state index is 12.7. The molecule has 0 radical (unpaired) electrons. The van der Waals surface area contributed by atoms with Crippen LogP contribution in [0.1, 0.15) is 40.9 Å². The molecule has 146 valence electrons. The van der Waals surface area contributed by atoms with Gasteiger partial charge in [0.2, 0.25) is 10.0 Å². The molecule has 0 unspecified atom stereocenters. The van der Waals surface area contributed by atoms with Gasteiger partial charge in [-0.15, -0.1) is 11.3 Å². The van der Waals surface area contributed by atoms with Crippen molar-refractivity contribution in [2.45, 2.75) is 37.0 Å². The number of aryl methyl sites for hydroxylation is 1. The number of ketones is 1. The van der Waals surface area contributed by atoms with Crippen LogP contribution in [0.3, 0.4) is 0 Å². The Labute approximate surface area is 169 Å². The highest BCUT2D eigenvalue weighted by Gasteiger charge is 2.25. The van der Waals surface area contributed by atoms with E-state index in [-0.39, 0.29) is 5.78 Å². The molecular formula is C21H22N2O3S2. The highest BCUT2D eigenvalue weighted by Crippen LogP contribution is 2.25. The van der Waals surface area contributed by atoms with E-state index >= 15 is 0 Å². The first-order valence-corrected chi connectivity index (χ1v) is 11.8. The van der Waals surface area contributed by atoms with E-state index in [1.165, 1.54) is 11.3 Å². The smallest absolute Gasteiger partial charge is 0.243 e. The monoisotopic (exact) mass is 414 g/mol. The molecule has 0 bridgehead atoms. The number of Topliss-reactive ketones (excluding diaryl/α,β-unsaturated/α-hetero) is 1. The van der Waals surface area contributed by atoms with E-state index < -0.39 is 10.0 Å². The summed E-state index contributed by atoms with van der Waals surface area (Å²) in [4.78, 5) is 18.7. The van der Waals surface area contributed by atoms with Crippen LogP contribution >= 0.6 is 11.3 Å². The fourth-order valence-corrected chi connectivity index (χ4v) is 5.96. The Hall–Kier alpha value is -2.09. The van der Waals surface area contributed by atoms with Crippen molar-refractivity contribution in [1.29, 1.82) is 0 Å². The number of rotatable bonds is 6. The van der Waals surface area contributed by atoms with Gasteiger partial charge in [-0.1, -0.05) is 24.6 Å². The van der Waals surface area contributed by atoms with Crippen molar-refractivity contribution in [1.82, 2.24) is 9.29 Å². The number of thiophene rings is 1. The van der Waals surface area contributed by atoms with Gasteiger partial charge in [0, 0.05) is 31.1 Å². The molecule has 1 fully saturated rings. The van der Waals surface area contributed by atoms with Gasteiger partial charge in [0.25, 0.3) is 0 Å². The average Bonchev–Trinajstić information content (AvgIpc) is 3.17. The largest absolute Gasteiger partial charge is 0.293 e. The molecule has 3 aromatic rings. The topological polar surface area (TPSA) is 67.3 Å². The average molecular weight is 415 g/mol. The molecule has 0 amide bonds. The van der Waals surface area contributed by atoms with Crippen molar-refractivity contribution in [2.75, 3.05) is 13.1 Å². The summed E-state index contributed by atoms with van der Waals surface area (Å²) in [6, 6.07) is 12.7. The van der Waals surface area contributed by atoms with Gasteiger partial charge in [-0.25, -0.2) is 13.4 Å². The summed E-state index contributed by atoms with van der Waals surface area (Å²) >= 11 is 1.42. The van der Waals surface area contributed by atoms with E-state index in [0.717, 1.165) is 39.9 Å². The van der Waals surface area contributed by atoms with E-state index in [2.05, 4.69) is 4.98 Å². The number of fused-ring (bicyclic) bond motifs is 1. The molecular weight excluding hydrogens is 392 g/mol. The summed E-state index contributed by atoms with van der Waals surface area (Å²) < 4.78 is 27.0. The number of hydrogen-bond donors (Lipinski definition) is 0. The molecule has 0 atom stereocenters. The second-order valence-corrected chi connectivity index (χ2v) is 10.0. The fourth-order valence-electron chi connectivity index (χ4n) is 3.47. The summed E-state index contributed by atoms with van der Waals surface area (Å²) in [5.74, 6) is 0.0908. The summed E-state index contributed by atoms with van der Waals surface area (Å²) in [5.41, 5.74) is 0.963. The van der Waals surface area contributed by atoms with Crippen molar-refractivity contribution in [3.63, 3.8) is 0 Å². The number of hydrogen-bond acceptors (Lipinski definition) is 5.